The van der Waals surface area contributed by atoms with Crippen LogP contribution < -0.4 is 10.1 Å². The molecular formula is C27H33BrN4O2S. The summed E-state index contributed by atoms with van der Waals surface area (Å²) in [6, 6.07) is 12.0. The van der Waals surface area contributed by atoms with Gasteiger partial charge in [-0.25, -0.2) is 0 Å². The van der Waals surface area contributed by atoms with Gasteiger partial charge in [-0.1, -0.05) is 59.7 Å². The standard InChI is InChI=1S/C27H33BrN4O2S/c1-6-12-32-25(11-8-13-34-24-16-22(18(2)3)23(28)15-20(24)5)30-31-27(32)35-17-26(33)29-21-10-7-9-19(4)14-21/h6-7,9-10,14-16,18H,1,8,11-13,17H2,2-5H3,(H,29,33). The number of aromatic nitrogens is 3. The Bertz CT molecular complexity index is 1180. The van der Waals surface area contributed by atoms with Gasteiger partial charge in [-0.3, -0.25) is 4.79 Å². The van der Waals surface area contributed by atoms with Crippen LogP contribution in [0.25, 0.3) is 0 Å². The lowest BCUT2D eigenvalue weighted by Crippen LogP contribution is -2.15. The molecule has 0 aliphatic heterocycles. The van der Waals surface area contributed by atoms with Crippen molar-refractivity contribution < 1.29 is 9.53 Å². The zero-order valence-electron chi connectivity index (χ0n) is 20.8. The molecule has 0 atom stereocenters. The molecule has 0 fully saturated rings. The molecule has 0 radical (unpaired) electrons. The first-order valence-electron chi connectivity index (χ1n) is 11.7. The van der Waals surface area contributed by atoms with Gasteiger partial charge in [0.05, 0.1) is 12.4 Å². The second-order valence-electron chi connectivity index (χ2n) is 8.75. The molecule has 1 amide bonds. The molecule has 1 heterocycles. The number of hydrogen-bond acceptors (Lipinski definition) is 5. The Hall–Kier alpha value is -2.58. The quantitative estimate of drug-likeness (QED) is 0.152. The molecular weight excluding hydrogens is 524 g/mol. The van der Waals surface area contributed by atoms with Crippen LogP contribution in [-0.4, -0.2) is 33.0 Å². The van der Waals surface area contributed by atoms with Crippen molar-refractivity contribution in [2.24, 2.45) is 0 Å². The molecule has 1 N–H and O–H groups in total. The van der Waals surface area contributed by atoms with Gasteiger partial charge in [0.25, 0.3) is 0 Å². The Kier molecular flexibility index (Phi) is 9.98. The number of nitrogens with one attached hydrogen (secondary N) is 1. The monoisotopic (exact) mass is 556 g/mol. The van der Waals surface area contributed by atoms with E-state index in [0.717, 1.165) is 45.7 Å². The van der Waals surface area contributed by atoms with Crippen molar-refractivity contribution in [3.05, 3.63) is 76.0 Å². The topological polar surface area (TPSA) is 69.0 Å². The maximum atomic E-state index is 12.4. The van der Waals surface area contributed by atoms with Crippen LogP contribution in [0.15, 0.2) is 58.7 Å². The predicted molar refractivity (Wildman–Crippen MR) is 148 cm³/mol. The molecule has 0 aliphatic carbocycles. The molecule has 0 spiro atoms. The third-order valence-corrected chi connectivity index (χ3v) is 7.11. The van der Waals surface area contributed by atoms with Crippen LogP contribution in [0.3, 0.4) is 0 Å². The van der Waals surface area contributed by atoms with Crippen LogP contribution in [0.4, 0.5) is 5.69 Å². The van der Waals surface area contributed by atoms with Crippen LogP contribution in [0.2, 0.25) is 0 Å². The van der Waals surface area contributed by atoms with Crippen molar-refractivity contribution >= 4 is 39.3 Å². The minimum absolute atomic E-state index is 0.0747. The molecule has 1 aromatic heterocycles. The molecule has 0 aliphatic rings. The van der Waals surface area contributed by atoms with E-state index >= 15 is 0 Å². The lowest BCUT2D eigenvalue weighted by Gasteiger charge is -2.15. The summed E-state index contributed by atoms with van der Waals surface area (Å²) in [7, 11) is 0. The average molecular weight is 558 g/mol. The van der Waals surface area contributed by atoms with Gasteiger partial charge >= 0.3 is 0 Å². The fraction of sp³-hybridized carbons (Fsp3) is 0.370. The predicted octanol–water partition coefficient (Wildman–Crippen LogP) is 6.71. The van der Waals surface area contributed by atoms with E-state index in [1.165, 1.54) is 17.3 Å². The molecule has 35 heavy (non-hydrogen) atoms. The SMILES string of the molecule is C=CCn1c(CCCOc2cc(C(C)C)c(Br)cc2C)nnc1SCC(=O)Nc1cccc(C)c1. The number of thioether (sulfide) groups is 1. The Morgan fingerprint density at radius 3 is 2.77 bits per heavy atom. The first-order chi connectivity index (χ1) is 16.8. The maximum Gasteiger partial charge on any atom is 0.234 e. The number of allylic oxidation sites excluding steroid dienone is 1. The normalized spacial score (nSPS) is 11.0. The summed E-state index contributed by atoms with van der Waals surface area (Å²) in [5.41, 5.74) is 4.25. The molecule has 0 bridgehead atoms. The number of amides is 1. The van der Waals surface area contributed by atoms with E-state index in [-0.39, 0.29) is 11.7 Å². The number of hydrogen-bond donors (Lipinski definition) is 1. The summed E-state index contributed by atoms with van der Waals surface area (Å²) >= 11 is 5.03. The van der Waals surface area contributed by atoms with Gasteiger partial charge in [0, 0.05) is 23.1 Å². The second kappa shape index (κ2) is 12.9. The van der Waals surface area contributed by atoms with Gasteiger partial charge in [0.1, 0.15) is 11.6 Å². The smallest absolute Gasteiger partial charge is 0.234 e. The number of nitrogens with zero attached hydrogens (tertiary/aromatic N) is 3. The number of benzene rings is 2. The minimum Gasteiger partial charge on any atom is -0.493 e. The Morgan fingerprint density at radius 1 is 1.26 bits per heavy atom. The lowest BCUT2D eigenvalue weighted by atomic mass is 10.0. The first kappa shape index (κ1) is 27.0. The number of ether oxygens (including phenoxy) is 1. The zero-order valence-corrected chi connectivity index (χ0v) is 23.2. The van der Waals surface area contributed by atoms with Gasteiger partial charge in [-0.2, -0.15) is 0 Å². The summed E-state index contributed by atoms with van der Waals surface area (Å²) in [4.78, 5) is 12.4. The molecule has 3 aromatic rings. The fourth-order valence-corrected chi connectivity index (χ4v) is 5.33. The largest absolute Gasteiger partial charge is 0.493 e. The average Bonchev–Trinajstić information content (AvgIpc) is 3.18. The van der Waals surface area contributed by atoms with Crippen molar-refractivity contribution in [2.75, 3.05) is 17.7 Å². The maximum absolute atomic E-state index is 12.4. The molecule has 6 nitrogen and oxygen atoms in total. The van der Waals surface area contributed by atoms with Crippen molar-refractivity contribution in [3.8, 4) is 5.75 Å². The number of carbonyl (C=O) groups excluding carboxylic acids is 1. The molecule has 186 valence electrons. The summed E-state index contributed by atoms with van der Waals surface area (Å²) in [6.07, 6.45) is 3.35. The van der Waals surface area contributed by atoms with Crippen LogP contribution >= 0.6 is 27.7 Å². The van der Waals surface area contributed by atoms with Gasteiger partial charge < -0.3 is 14.6 Å². The van der Waals surface area contributed by atoms with E-state index in [9.17, 15) is 4.79 Å². The third kappa shape index (κ3) is 7.70. The summed E-state index contributed by atoms with van der Waals surface area (Å²) in [5.74, 6) is 2.38. The fourth-order valence-electron chi connectivity index (χ4n) is 3.65. The lowest BCUT2D eigenvalue weighted by molar-refractivity contribution is -0.113. The number of rotatable bonds is 12. The van der Waals surface area contributed by atoms with E-state index in [2.05, 4.69) is 70.9 Å². The van der Waals surface area contributed by atoms with Gasteiger partial charge in [0.2, 0.25) is 5.91 Å². The molecule has 0 saturated carbocycles. The number of carbonyl (C=O) groups is 1. The minimum atomic E-state index is -0.0747. The van der Waals surface area contributed by atoms with Crippen LogP contribution in [0.5, 0.6) is 5.75 Å². The van der Waals surface area contributed by atoms with E-state index in [4.69, 9.17) is 4.74 Å². The van der Waals surface area contributed by atoms with Gasteiger partial charge in [-0.05, 0) is 67.1 Å². The van der Waals surface area contributed by atoms with E-state index < -0.39 is 0 Å². The summed E-state index contributed by atoms with van der Waals surface area (Å²) < 4.78 is 9.23. The Balaban J connectivity index is 1.55. The number of halogens is 1. The van der Waals surface area contributed by atoms with Gasteiger partial charge in [-0.15, -0.1) is 16.8 Å². The molecule has 0 saturated heterocycles. The third-order valence-electron chi connectivity index (χ3n) is 5.46. The van der Waals surface area contributed by atoms with Gasteiger partial charge in [0.15, 0.2) is 5.16 Å². The highest BCUT2D eigenvalue weighted by molar-refractivity contribution is 9.10. The highest BCUT2D eigenvalue weighted by atomic mass is 79.9. The zero-order chi connectivity index (χ0) is 25.4. The van der Waals surface area contributed by atoms with E-state index in [1.807, 2.05) is 41.8 Å². The highest BCUT2D eigenvalue weighted by Gasteiger charge is 2.14. The molecule has 3 rings (SSSR count). The van der Waals surface area contributed by atoms with Crippen molar-refractivity contribution in [3.63, 3.8) is 0 Å². The molecule has 0 unspecified atom stereocenters. The Morgan fingerprint density at radius 2 is 2.06 bits per heavy atom. The Labute approximate surface area is 220 Å². The second-order valence-corrected chi connectivity index (χ2v) is 10.5. The number of aryl methyl sites for hydroxylation is 3. The van der Waals surface area contributed by atoms with Crippen LogP contribution in [0, 0.1) is 13.8 Å². The van der Waals surface area contributed by atoms with Crippen LogP contribution in [0.1, 0.15) is 48.7 Å². The first-order valence-corrected chi connectivity index (χ1v) is 13.5. The summed E-state index contributed by atoms with van der Waals surface area (Å²) in [5, 5.41) is 12.3. The van der Waals surface area contributed by atoms with Crippen molar-refractivity contribution in [1.82, 2.24) is 14.8 Å². The summed E-state index contributed by atoms with van der Waals surface area (Å²) in [6.45, 7) is 13.4. The van der Waals surface area contributed by atoms with E-state index in [1.54, 1.807) is 0 Å². The van der Waals surface area contributed by atoms with Crippen molar-refractivity contribution in [2.45, 2.75) is 58.2 Å². The molecule has 2 aromatic carbocycles. The highest BCUT2D eigenvalue weighted by Crippen LogP contribution is 2.31. The molecule has 8 heteroatoms. The van der Waals surface area contributed by atoms with Crippen molar-refractivity contribution in [1.29, 1.82) is 0 Å². The van der Waals surface area contributed by atoms with Crippen LogP contribution in [-0.2, 0) is 17.8 Å². The number of anilines is 1. The van der Waals surface area contributed by atoms with E-state index in [0.29, 0.717) is 24.2 Å².